The summed E-state index contributed by atoms with van der Waals surface area (Å²) in [6.45, 7) is 9.96. The third-order valence-corrected chi connectivity index (χ3v) is 6.32. The molecule has 3 heterocycles. The van der Waals surface area contributed by atoms with Gasteiger partial charge >= 0.3 is 0 Å². The molecule has 36 heavy (non-hydrogen) atoms. The van der Waals surface area contributed by atoms with Crippen molar-refractivity contribution in [2.24, 2.45) is 0 Å². The Morgan fingerprint density at radius 3 is 2.36 bits per heavy atom. The van der Waals surface area contributed by atoms with Crippen LogP contribution < -0.4 is 0 Å². The Morgan fingerprint density at radius 2 is 1.69 bits per heavy atom. The van der Waals surface area contributed by atoms with E-state index in [2.05, 4.69) is 29.1 Å². The summed E-state index contributed by atoms with van der Waals surface area (Å²) < 4.78 is 30.6. The van der Waals surface area contributed by atoms with Gasteiger partial charge in [-0.3, -0.25) is 9.67 Å². The Kier molecular flexibility index (Phi) is 7.26. The van der Waals surface area contributed by atoms with Crippen LogP contribution in [0.5, 0.6) is 0 Å². The summed E-state index contributed by atoms with van der Waals surface area (Å²) in [5.74, 6) is -1.43. The Hall–Kier alpha value is -3.52. The maximum absolute atomic E-state index is 14.4. The van der Waals surface area contributed by atoms with Gasteiger partial charge in [0.2, 0.25) is 0 Å². The first-order valence-corrected chi connectivity index (χ1v) is 12.1. The predicted octanol–water partition coefficient (Wildman–Crippen LogP) is 6.12. The highest BCUT2D eigenvalue weighted by Gasteiger charge is 2.23. The maximum Gasteiger partial charge on any atom is 0.135 e. The molecule has 4 aromatic rings. The van der Waals surface area contributed by atoms with Crippen molar-refractivity contribution >= 4 is 0 Å². The summed E-state index contributed by atoms with van der Waals surface area (Å²) >= 11 is 0. The molecule has 6 nitrogen and oxygen atoms in total. The van der Waals surface area contributed by atoms with Crippen molar-refractivity contribution in [3.8, 4) is 22.5 Å². The summed E-state index contributed by atoms with van der Waals surface area (Å²) in [7, 11) is 0. The molecule has 4 rings (SSSR count). The largest absolute Gasteiger partial charge is 0.389 e. The SMILES string of the molecule is CC[C@H](C)c1cc(-c2c(F)cccc2F)nnc1C(C)c1cccc(-c2cnn(CC(C)(C)O)c2)n1. The molecule has 0 fully saturated rings. The Labute approximate surface area is 210 Å². The minimum Gasteiger partial charge on any atom is -0.389 e. The number of hydrogen-bond donors (Lipinski definition) is 1. The number of rotatable bonds is 8. The van der Waals surface area contributed by atoms with E-state index in [1.54, 1.807) is 30.8 Å². The third kappa shape index (κ3) is 5.49. The van der Waals surface area contributed by atoms with Gasteiger partial charge in [-0.05, 0) is 62.1 Å². The van der Waals surface area contributed by atoms with E-state index in [-0.39, 0.29) is 23.1 Å². The zero-order valence-corrected chi connectivity index (χ0v) is 21.2. The van der Waals surface area contributed by atoms with E-state index in [1.165, 1.54) is 18.2 Å². The molecule has 3 aromatic heterocycles. The van der Waals surface area contributed by atoms with Gasteiger partial charge in [-0.25, -0.2) is 8.78 Å². The molecule has 0 aliphatic carbocycles. The van der Waals surface area contributed by atoms with Crippen LogP contribution in [-0.4, -0.2) is 35.7 Å². The van der Waals surface area contributed by atoms with Gasteiger partial charge in [-0.1, -0.05) is 32.9 Å². The van der Waals surface area contributed by atoms with Gasteiger partial charge < -0.3 is 5.11 Å². The Bertz CT molecular complexity index is 1340. The van der Waals surface area contributed by atoms with Gasteiger partial charge in [0.15, 0.2) is 0 Å². The number of pyridine rings is 1. The van der Waals surface area contributed by atoms with Crippen LogP contribution in [0.15, 0.2) is 54.9 Å². The fourth-order valence-corrected chi connectivity index (χ4v) is 4.20. The van der Waals surface area contributed by atoms with Crippen LogP contribution in [0.2, 0.25) is 0 Å². The lowest BCUT2D eigenvalue weighted by Gasteiger charge is -2.20. The minimum atomic E-state index is -0.879. The van der Waals surface area contributed by atoms with Crippen LogP contribution >= 0.6 is 0 Å². The predicted molar refractivity (Wildman–Crippen MR) is 135 cm³/mol. The molecule has 0 aliphatic rings. The Balaban J connectivity index is 1.71. The second-order valence-corrected chi connectivity index (χ2v) is 9.88. The van der Waals surface area contributed by atoms with Crippen molar-refractivity contribution < 1.29 is 13.9 Å². The monoisotopic (exact) mass is 491 g/mol. The first-order valence-electron chi connectivity index (χ1n) is 12.1. The van der Waals surface area contributed by atoms with Crippen LogP contribution in [0.3, 0.4) is 0 Å². The lowest BCUT2D eigenvalue weighted by Crippen LogP contribution is -2.26. The molecule has 0 bridgehead atoms. The minimum absolute atomic E-state index is 0.106. The summed E-state index contributed by atoms with van der Waals surface area (Å²) in [4.78, 5) is 4.86. The average Bonchev–Trinajstić information content (AvgIpc) is 3.30. The molecule has 1 unspecified atom stereocenters. The number of aliphatic hydroxyl groups is 1. The summed E-state index contributed by atoms with van der Waals surface area (Å²) in [6.07, 6.45) is 4.42. The zero-order valence-electron chi connectivity index (χ0n) is 21.2. The van der Waals surface area contributed by atoms with Crippen molar-refractivity contribution in [2.75, 3.05) is 0 Å². The maximum atomic E-state index is 14.4. The number of benzene rings is 1. The van der Waals surface area contributed by atoms with E-state index in [9.17, 15) is 13.9 Å². The molecule has 0 saturated carbocycles. The molecule has 0 spiro atoms. The molecule has 1 aromatic carbocycles. The van der Waals surface area contributed by atoms with Crippen LogP contribution in [-0.2, 0) is 6.54 Å². The lowest BCUT2D eigenvalue weighted by molar-refractivity contribution is 0.0577. The van der Waals surface area contributed by atoms with Crippen LogP contribution in [0.25, 0.3) is 22.5 Å². The first-order chi connectivity index (χ1) is 17.1. The molecule has 8 heteroatoms. The molecule has 0 saturated heterocycles. The average molecular weight is 492 g/mol. The molecular formula is C28H31F2N5O. The quantitative estimate of drug-likeness (QED) is 0.321. The second-order valence-electron chi connectivity index (χ2n) is 9.88. The standard InChI is InChI=1S/C28H31F2N5O/c1-6-17(2)20-13-25(26-21(29)9-7-10-22(26)30)33-34-27(20)18(3)23-11-8-12-24(32-23)19-14-31-35(15-19)16-28(4,5)36/h7-15,17-18,36H,6,16H2,1-5H3/t17-,18?/m0/s1. The highest BCUT2D eigenvalue weighted by atomic mass is 19.1. The smallest absolute Gasteiger partial charge is 0.135 e. The summed E-state index contributed by atoms with van der Waals surface area (Å²) in [5, 5.41) is 23.1. The van der Waals surface area contributed by atoms with E-state index in [1.807, 2.05) is 31.3 Å². The molecular weight excluding hydrogens is 460 g/mol. The van der Waals surface area contributed by atoms with E-state index in [4.69, 9.17) is 4.98 Å². The highest BCUT2D eigenvalue weighted by Crippen LogP contribution is 2.34. The third-order valence-electron chi connectivity index (χ3n) is 6.32. The lowest BCUT2D eigenvalue weighted by atomic mass is 9.89. The fourth-order valence-electron chi connectivity index (χ4n) is 4.20. The van der Waals surface area contributed by atoms with Crippen molar-refractivity contribution in [1.29, 1.82) is 0 Å². The molecule has 0 amide bonds. The van der Waals surface area contributed by atoms with Gasteiger partial charge in [0.25, 0.3) is 0 Å². The highest BCUT2D eigenvalue weighted by molar-refractivity contribution is 5.62. The van der Waals surface area contributed by atoms with E-state index >= 15 is 0 Å². The van der Waals surface area contributed by atoms with Crippen LogP contribution in [0, 0.1) is 11.6 Å². The second kappa shape index (κ2) is 10.2. The van der Waals surface area contributed by atoms with E-state index in [0.29, 0.717) is 6.54 Å². The van der Waals surface area contributed by atoms with Crippen molar-refractivity contribution in [3.63, 3.8) is 0 Å². The molecule has 188 valence electrons. The van der Waals surface area contributed by atoms with Crippen LogP contribution in [0.1, 0.15) is 69.8 Å². The van der Waals surface area contributed by atoms with Gasteiger partial charge in [-0.2, -0.15) is 15.3 Å². The van der Waals surface area contributed by atoms with Crippen molar-refractivity contribution in [2.45, 2.75) is 65.0 Å². The van der Waals surface area contributed by atoms with Gasteiger partial charge in [0, 0.05) is 23.4 Å². The zero-order chi connectivity index (χ0) is 26.0. The summed E-state index contributed by atoms with van der Waals surface area (Å²) in [6, 6.07) is 11.3. The van der Waals surface area contributed by atoms with Gasteiger partial charge in [-0.15, -0.1) is 0 Å². The van der Waals surface area contributed by atoms with E-state index < -0.39 is 17.2 Å². The number of nitrogens with zero attached hydrogens (tertiary/aromatic N) is 5. The van der Waals surface area contributed by atoms with Gasteiger partial charge in [0.1, 0.15) is 11.6 Å². The normalized spacial score (nSPS) is 13.6. The molecule has 0 radical (unpaired) electrons. The molecule has 2 atom stereocenters. The summed E-state index contributed by atoms with van der Waals surface area (Å²) in [5.41, 5.74) is 3.14. The number of halogens is 2. The van der Waals surface area contributed by atoms with E-state index in [0.717, 1.165) is 34.6 Å². The van der Waals surface area contributed by atoms with Crippen molar-refractivity contribution in [1.82, 2.24) is 25.0 Å². The number of aromatic nitrogens is 5. The molecule has 1 N–H and O–H groups in total. The van der Waals surface area contributed by atoms with Crippen molar-refractivity contribution in [3.05, 3.63) is 83.4 Å². The molecule has 0 aliphatic heterocycles. The number of hydrogen-bond acceptors (Lipinski definition) is 5. The fraction of sp³-hybridized carbons (Fsp3) is 0.357. The van der Waals surface area contributed by atoms with Crippen LogP contribution in [0.4, 0.5) is 8.78 Å². The first kappa shape index (κ1) is 25.6. The van der Waals surface area contributed by atoms with Gasteiger partial charge in [0.05, 0.1) is 41.0 Å². The topological polar surface area (TPSA) is 76.7 Å². The Morgan fingerprint density at radius 1 is 1.00 bits per heavy atom.